The fourth-order valence-electron chi connectivity index (χ4n) is 2.11. The summed E-state index contributed by atoms with van der Waals surface area (Å²) in [6, 6.07) is 7.19. The van der Waals surface area contributed by atoms with Crippen LogP contribution in [0.5, 0.6) is 0 Å². The molecule has 2 saturated heterocycles. The lowest BCUT2D eigenvalue weighted by molar-refractivity contribution is -0.686. The molecule has 0 radical (unpaired) electrons. The van der Waals surface area contributed by atoms with Crippen LogP contribution >= 0.6 is 0 Å². The Morgan fingerprint density at radius 1 is 0.889 bits per heavy atom. The van der Waals surface area contributed by atoms with Crippen LogP contribution in [0.4, 0.5) is 0 Å². The molecule has 0 N–H and O–H groups in total. The van der Waals surface area contributed by atoms with Gasteiger partial charge in [0, 0.05) is 0 Å². The second kappa shape index (κ2) is 3.49. The van der Waals surface area contributed by atoms with Crippen LogP contribution in [-0.2, 0) is 0 Å². The van der Waals surface area contributed by atoms with E-state index in [4.69, 9.17) is 0 Å². The minimum atomic E-state index is 0.123. The van der Waals surface area contributed by atoms with Crippen LogP contribution in [0.1, 0.15) is 20.7 Å². The normalized spacial score (nSPS) is 22.3. The summed E-state index contributed by atoms with van der Waals surface area (Å²) in [4.78, 5) is 24.4. The van der Waals surface area contributed by atoms with Crippen LogP contribution in [0.3, 0.4) is 0 Å². The molecule has 2 fully saturated rings. The van der Waals surface area contributed by atoms with Gasteiger partial charge in [-0.05, 0) is 18.2 Å². The molecule has 1 aromatic rings. The van der Waals surface area contributed by atoms with E-state index in [9.17, 15) is 9.59 Å². The van der Waals surface area contributed by atoms with E-state index >= 15 is 0 Å². The summed E-state index contributed by atoms with van der Waals surface area (Å²) in [6.45, 7) is 3.63. The number of nitrogens with zero attached hydrogens (tertiary/aromatic N) is 2. The second-order valence-corrected chi connectivity index (χ2v) is 5.88. The summed E-state index contributed by atoms with van der Waals surface area (Å²) in [6.07, 6.45) is 0. The topological polar surface area (TPSA) is 34.1 Å². The van der Waals surface area contributed by atoms with Crippen molar-refractivity contribution in [3.05, 3.63) is 35.4 Å². The third-order valence-electron chi connectivity index (χ3n) is 4.13. The van der Waals surface area contributed by atoms with Gasteiger partial charge in [0.2, 0.25) is 0 Å². The van der Waals surface area contributed by atoms with Gasteiger partial charge in [0.25, 0.3) is 0 Å². The van der Waals surface area contributed by atoms with Crippen LogP contribution < -0.4 is 0 Å². The summed E-state index contributed by atoms with van der Waals surface area (Å²) in [5, 5.41) is 0. The van der Waals surface area contributed by atoms with Crippen molar-refractivity contribution >= 4 is 11.8 Å². The number of rotatable bonds is 2. The first kappa shape index (κ1) is 11.6. The zero-order valence-electron chi connectivity index (χ0n) is 10.8. The minimum absolute atomic E-state index is 0.123. The third kappa shape index (κ3) is 1.78. The largest absolute Gasteiger partial charge is 0.346 e. The number of quaternary nitrogens is 2. The van der Waals surface area contributed by atoms with Crippen molar-refractivity contribution in [1.82, 2.24) is 0 Å². The molecular weight excluding hydrogens is 228 g/mol. The predicted molar refractivity (Wildman–Crippen MR) is 66.9 cm³/mol. The Balaban J connectivity index is 1.89. The van der Waals surface area contributed by atoms with E-state index in [0.29, 0.717) is 20.1 Å². The lowest BCUT2D eigenvalue weighted by atomic mass is 10.1. The average Bonchev–Trinajstić information content (AvgIpc) is 3.28. The van der Waals surface area contributed by atoms with Crippen LogP contribution in [-0.4, -0.2) is 61.1 Å². The molecule has 2 amide bonds. The first-order valence-electron chi connectivity index (χ1n) is 6.34. The number of benzene rings is 1. The Kier molecular flexibility index (Phi) is 2.24. The summed E-state index contributed by atoms with van der Waals surface area (Å²) in [5.74, 6) is 0.246. The van der Waals surface area contributed by atoms with E-state index in [1.807, 2.05) is 32.3 Å². The fraction of sp³-hybridized carbons (Fsp3) is 0.429. The predicted octanol–water partition coefficient (Wildman–Crippen LogP) is 0.887. The maximum atomic E-state index is 12.2. The van der Waals surface area contributed by atoms with Gasteiger partial charge in [0.05, 0.1) is 25.2 Å². The van der Waals surface area contributed by atoms with E-state index in [2.05, 4.69) is 0 Å². The Morgan fingerprint density at radius 2 is 1.28 bits per heavy atom. The number of hydrogen-bond acceptors (Lipinski definition) is 2. The van der Waals surface area contributed by atoms with E-state index in [1.54, 1.807) is 6.07 Å². The molecule has 0 aliphatic carbocycles. The molecule has 0 bridgehead atoms. The zero-order chi connectivity index (χ0) is 13.0. The van der Waals surface area contributed by atoms with Crippen molar-refractivity contribution in [2.45, 2.75) is 0 Å². The third-order valence-corrected chi connectivity index (χ3v) is 4.13. The summed E-state index contributed by atoms with van der Waals surface area (Å²) in [5.41, 5.74) is 1.32. The second-order valence-electron chi connectivity index (χ2n) is 5.88. The smallest absolute Gasteiger partial charge is 0.249 e. The molecule has 0 spiro atoms. The van der Waals surface area contributed by atoms with E-state index in [1.165, 1.54) is 0 Å². The van der Waals surface area contributed by atoms with E-state index in [-0.39, 0.29) is 11.8 Å². The highest BCUT2D eigenvalue weighted by atomic mass is 16.2. The van der Waals surface area contributed by atoms with Crippen molar-refractivity contribution < 1.29 is 18.6 Å². The standard InChI is InChI=1S/C14H18N2O2/c1-15(6-7-15)13(17)11-4-3-5-12(10-11)14(18)16(2)8-9-16/h3-5,10H,6-9H2,1-2H3/q+2. The highest BCUT2D eigenvalue weighted by molar-refractivity contribution is 5.95. The molecule has 4 nitrogen and oxygen atoms in total. The van der Waals surface area contributed by atoms with Gasteiger partial charge in [-0.15, -0.1) is 0 Å². The molecule has 0 aromatic heterocycles. The molecule has 0 atom stereocenters. The van der Waals surface area contributed by atoms with Crippen molar-refractivity contribution in [3.63, 3.8) is 0 Å². The molecule has 2 aliphatic rings. The number of likely N-dealkylation sites (N-methyl/N-ethyl adjacent to an activating group) is 2. The molecular formula is C14H18N2O2+2. The summed E-state index contributed by atoms with van der Waals surface area (Å²) < 4.78 is 0.952. The molecule has 2 aliphatic heterocycles. The van der Waals surface area contributed by atoms with Gasteiger partial charge in [-0.25, -0.2) is 18.6 Å². The molecule has 18 heavy (non-hydrogen) atoms. The average molecular weight is 246 g/mol. The van der Waals surface area contributed by atoms with Gasteiger partial charge in [-0.3, -0.25) is 0 Å². The van der Waals surface area contributed by atoms with Crippen LogP contribution in [0, 0.1) is 0 Å². The Bertz CT molecular complexity index is 497. The maximum Gasteiger partial charge on any atom is 0.346 e. The van der Waals surface area contributed by atoms with Crippen molar-refractivity contribution in [1.29, 1.82) is 0 Å². The number of amides is 2. The highest BCUT2D eigenvalue weighted by Gasteiger charge is 2.47. The van der Waals surface area contributed by atoms with Gasteiger partial charge >= 0.3 is 11.8 Å². The molecule has 0 saturated carbocycles. The van der Waals surface area contributed by atoms with Crippen LogP contribution in [0.15, 0.2) is 24.3 Å². The maximum absolute atomic E-state index is 12.2. The van der Waals surface area contributed by atoms with E-state index < -0.39 is 0 Å². The van der Waals surface area contributed by atoms with Crippen molar-refractivity contribution in [2.24, 2.45) is 0 Å². The Hall–Kier alpha value is -1.52. The molecule has 3 rings (SSSR count). The number of carbonyl (C=O) groups excluding carboxylic acids is 2. The van der Waals surface area contributed by atoms with Crippen LogP contribution in [0.25, 0.3) is 0 Å². The molecule has 2 heterocycles. The van der Waals surface area contributed by atoms with E-state index in [0.717, 1.165) is 26.2 Å². The summed E-state index contributed by atoms with van der Waals surface area (Å²) in [7, 11) is 3.88. The summed E-state index contributed by atoms with van der Waals surface area (Å²) >= 11 is 0. The van der Waals surface area contributed by atoms with Gasteiger partial charge in [0.15, 0.2) is 0 Å². The van der Waals surface area contributed by atoms with Gasteiger partial charge in [-0.2, -0.15) is 0 Å². The van der Waals surface area contributed by atoms with Crippen molar-refractivity contribution in [3.8, 4) is 0 Å². The van der Waals surface area contributed by atoms with Crippen LogP contribution in [0.2, 0.25) is 0 Å². The van der Waals surface area contributed by atoms with Gasteiger partial charge in [-0.1, -0.05) is 6.07 Å². The van der Waals surface area contributed by atoms with Crippen molar-refractivity contribution in [2.75, 3.05) is 40.3 Å². The first-order valence-corrected chi connectivity index (χ1v) is 6.34. The number of hydrogen-bond donors (Lipinski definition) is 0. The molecule has 4 heteroatoms. The molecule has 1 aromatic carbocycles. The zero-order valence-corrected chi connectivity index (χ0v) is 10.8. The quantitative estimate of drug-likeness (QED) is 0.573. The highest BCUT2D eigenvalue weighted by Crippen LogP contribution is 2.25. The molecule has 94 valence electrons. The Labute approximate surface area is 107 Å². The lowest BCUT2D eigenvalue weighted by Crippen LogP contribution is -2.31. The monoisotopic (exact) mass is 246 g/mol. The molecule has 0 unspecified atom stereocenters. The fourth-order valence-corrected chi connectivity index (χ4v) is 2.11. The first-order chi connectivity index (χ1) is 8.45. The lowest BCUT2D eigenvalue weighted by Gasteiger charge is -2.11. The Morgan fingerprint density at radius 3 is 1.61 bits per heavy atom. The SMILES string of the molecule is C[N+]1(C(=O)c2cccc(C(=O)[N+]3(C)CC3)c2)CC1. The van der Waals surface area contributed by atoms with Gasteiger partial charge in [0.1, 0.15) is 26.2 Å². The minimum Gasteiger partial charge on any atom is -0.249 e. The number of carbonyl (C=O) groups is 2. The van der Waals surface area contributed by atoms with Gasteiger partial charge < -0.3 is 0 Å².